The summed E-state index contributed by atoms with van der Waals surface area (Å²) in [5.41, 5.74) is 0. The second kappa shape index (κ2) is 3.93. The Kier molecular flexibility index (Phi) is 3.69. The van der Waals surface area contributed by atoms with Gasteiger partial charge in [-0.1, -0.05) is 13.3 Å². The van der Waals surface area contributed by atoms with E-state index in [2.05, 4.69) is 0 Å². The summed E-state index contributed by atoms with van der Waals surface area (Å²) >= 11 is 0. The van der Waals surface area contributed by atoms with E-state index in [1.165, 1.54) is 0 Å². The van der Waals surface area contributed by atoms with Crippen LogP contribution in [0.2, 0.25) is 0 Å². The van der Waals surface area contributed by atoms with Crippen molar-refractivity contribution in [1.29, 1.82) is 0 Å². The highest BCUT2D eigenvalue weighted by molar-refractivity contribution is 5.76. The van der Waals surface area contributed by atoms with Crippen LogP contribution in [0.15, 0.2) is 0 Å². The molecule has 6 heteroatoms. The molecule has 0 rings (SSSR count). The Morgan fingerprint density at radius 1 is 1.31 bits per heavy atom. The lowest BCUT2D eigenvalue weighted by Crippen LogP contribution is -2.46. The quantitative estimate of drug-likeness (QED) is 0.695. The molecule has 0 saturated carbocycles. The Morgan fingerprint density at radius 2 is 1.77 bits per heavy atom. The summed E-state index contributed by atoms with van der Waals surface area (Å²) in [6.45, 7) is 1.55. The van der Waals surface area contributed by atoms with Crippen LogP contribution in [0.3, 0.4) is 0 Å². The highest BCUT2D eigenvalue weighted by atomic mass is 19.3. The van der Waals surface area contributed by atoms with Crippen molar-refractivity contribution in [2.45, 2.75) is 38.0 Å². The first-order valence-corrected chi connectivity index (χ1v) is 3.74. The highest BCUT2D eigenvalue weighted by Gasteiger charge is 2.61. The first-order chi connectivity index (χ1) is 5.75. The number of hydrogen-bond donors (Lipinski definition) is 1. The molecule has 0 aromatic heterocycles. The Morgan fingerprint density at radius 3 is 2.08 bits per heavy atom. The van der Waals surface area contributed by atoms with E-state index >= 15 is 0 Å². The van der Waals surface area contributed by atoms with Crippen LogP contribution in [0.4, 0.5) is 17.6 Å². The van der Waals surface area contributed by atoms with Crippen LogP contribution in [-0.2, 0) is 4.79 Å². The van der Waals surface area contributed by atoms with Crippen molar-refractivity contribution in [2.24, 2.45) is 0 Å². The summed E-state index contributed by atoms with van der Waals surface area (Å²) in [5.74, 6) is -12.2. The molecular weight excluding hydrogens is 192 g/mol. The molecule has 0 atom stereocenters. The third-order valence-corrected chi connectivity index (χ3v) is 1.57. The average Bonchev–Trinajstić information content (AvgIpc) is 2.00. The lowest BCUT2D eigenvalue weighted by atomic mass is 10.1. The van der Waals surface area contributed by atoms with Gasteiger partial charge in [-0.25, -0.2) is 4.79 Å². The van der Waals surface area contributed by atoms with Gasteiger partial charge in [0.05, 0.1) is 0 Å². The van der Waals surface area contributed by atoms with Gasteiger partial charge in [0.25, 0.3) is 0 Å². The minimum Gasteiger partial charge on any atom is -0.477 e. The maximum absolute atomic E-state index is 12.5. The van der Waals surface area contributed by atoms with Gasteiger partial charge >= 0.3 is 17.8 Å². The van der Waals surface area contributed by atoms with E-state index in [1.807, 2.05) is 0 Å². The Labute approximate surface area is 72.5 Å². The smallest absolute Gasteiger partial charge is 0.404 e. The summed E-state index contributed by atoms with van der Waals surface area (Å²) in [5, 5.41) is 7.85. The van der Waals surface area contributed by atoms with E-state index < -0.39 is 24.2 Å². The predicted octanol–water partition coefficient (Wildman–Crippen LogP) is 2.53. The van der Waals surface area contributed by atoms with Gasteiger partial charge in [0.2, 0.25) is 0 Å². The second-order valence-corrected chi connectivity index (χ2v) is 2.69. The third-order valence-electron chi connectivity index (χ3n) is 1.57. The van der Waals surface area contributed by atoms with Crippen LogP contribution < -0.4 is 0 Å². The summed E-state index contributed by atoms with van der Waals surface area (Å²) in [6.07, 6.45) is -0.927. The van der Waals surface area contributed by atoms with Crippen molar-refractivity contribution in [3.63, 3.8) is 0 Å². The van der Waals surface area contributed by atoms with Crippen molar-refractivity contribution in [3.05, 3.63) is 0 Å². The topological polar surface area (TPSA) is 37.3 Å². The molecule has 0 heterocycles. The third kappa shape index (κ3) is 2.57. The number of hydrogen-bond acceptors (Lipinski definition) is 1. The van der Waals surface area contributed by atoms with E-state index in [1.54, 1.807) is 6.92 Å². The molecule has 0 aliphatic carbocycles. The SMILES string of the molecule is CCCCC(F)(F)C(F)(F)C(=O)O. The zero-order chi connectivity index (χ0) is 10.7. The van der Waals surface area contributed by atoms with Crippen molar-refractivity contribution in [3.8, 4) is 0 Å². The molecular formula is C7H10F4O2. The average molecular weight is 202 g/mol. The number of aliphatic carboxylic acids is 1. The second-order valence-electron chi connectivity index (χ2n) is 2.69. The number of alkyl halides is 4. The van der Waals surface area contributed by atoms with Crippen molar-refractivity contribution >= 4 is 5.97 Å². The Hall–Kier alpha value is -0.810. The van der Waals surface area contributed by atoms with E-state index in [9.17, 15) is 22.4 Å². The van der Waals surface area contributed by atoms with Gasteiger partial charge in [-0.15, -0.1) is 0 Å². The highest BCUT2D eigenvalue weighted by Crippen LogP contribution is 2.38. The molecule has 13 heavy (non-hydrogen) atoms. The largest absolute Gasteiger partial charge is 0.477 e. The zero-order valence-electron chi connectivity index (χ0n) is 6.99. The van der Waals surface area contributed by atoms with Crippen molar-refractivity contribution in [2.75, 3.05) is 0 Å². The van der Waals surface area contributed by atoms with Gasteiger partial charge in [-0.3, -0.25) is 0 Å². The van der Waals surface area contributed by atoms with E-state index in [4.69, 9.17) is 5.11 Å². The first-order valence-electron chi connectivity index (χ1n) is 3.74. The number of carboxylic acids is 1. The maximum Gasteiger partial charge on any atom is 0.404 e. The molecule has 0 aliphatic rings. The molecule has 0 amide bonds. The monoisotopic (exact) mass is 202 g/mol. The van der Waals surface area contributed by atoms with Crippen LogP contribution in [0.1, 0.15) is 26.2 Å². The number of halogens is 4. The summed E-state index contributed by atoms with van der Waals surface area (Å²) < 4.78 is 49.6. The minimum absolute atomic E-state index is 0.129. The van der Waals surface area contributed by atoms with Crippen LogP contribution in [0.25, 0.3) is 0 Å². The molecule has 0 bridgehead atoms. The van der Waals surface area contributed by atoms with Crippen molar-refractivity contribution in [1.82, 2.24) is 0 Å². The van der Waals surface area contributed by atoms with Gasteiger partial charge in [0, 0.05) is 6.42 Å². The molecule has 2 nitrogen and oxygen atoms in total. The van der Waals surface area contributed by atoms with Gasteiger partial charge in [0.1, 0.15) is 0 Å². The van der Waals surface area contributed by atoms with Crippen molar-refractivity contribution < 1.29 is 27.5 Å². The first kappa shape index (κ1) is 12.2. The van der Waals surface area contributed by atoms with Gasteiger partial charge in [-0.05, 0) is 6.42 Å². The lowest BCUT2D eigenvalue weighted by molar-refractivity contribution is -0.226. The fourth-order valence-corrected chi connectivity index (χ4v) is 0.712. The minimum atomic E-state index is -4.97. The summed E-state index contributed by atoms with van der Waals surface area (Å²) in [4.78, 5) is 9.80. The number of rotatable bonds is 5. The van der Waals surface area contributed by atoms with Gasteiger partial charge in [-0.2, -0.15) is 17.6 Å². The van der Waals surface area contributed by atoms with Crippen LogP contribution in [-0.4, -0.2) is 22.9 Å². The molecule has 78 valence electrons. The zero-order valence-corrected chi connectivity index (χ0v) is 6.99. The van der Waals surface area contributed by atoms with E-state index in [-0.39, 0.29) is 6.42 Å². The Balaban J connectivity index is 4.50. The van der Waals surface area contributed by atoms with Crippen LogP contribution in [0.5, 0.6) is 0 Å². The molecule has 0 fully saturated rings. The Bertz CT molecular complexity index is 191. The number of carboxylic acid groups (broad SMARTS) is 1. The standard InChI is InChI=1S/C7H10F4O2/c1-2-3-4-6(8,9)7(10,11)5(12)13/h2-4H2,1H3,(H,12,13). The molecule has 0 aliphatic heterocycles. The predicted molar refractivity (Wildman–Crippen MR) is 37.1 cm³/mol. The van der Waals surface area contributed by atoms with Crippen LogP contribution >= 0.6 is 0 Å². The molecule has 0 radical (unpaired) electrons. The normalized spacial score (nSPS) is 13.0. The van der Waals surface area contributed by atoms with E-state index in [0.717, 1.165) is 0 Å². The van der Waals surface area contributed by atoms with Gasteiger partial charge in [0.15, 0.2) is 0 Å². The van der Waals surface area contributed by atoms with Gasteiger partial charge < -0.3 is 5.11 Å². The summed E-state index contributed by atoms with van der Waals surface area (Å²) in [7, 11) is 0. The number of unbranched alkanes of at least 4 members (excludes halogenated alkanes) is 1. The number of carbonyl (C=O) groups is 1. The fraction of sp³-hybridized carbons (Fsp3) is 0.857. The van der Waals surface area contributed by atoms with Crippen LogP contribution in [0, 0.1) is 0 Å². The van der Waals surface area contributed by atoms with E-state index in [0.29, 0.717) is 6.42 Å². The molecule has 0 unspecified atom stereocenters. The molecule has 0 spiro atoms. The molecule has 0 aromatic carbocycles. The molecule has 0 saturated heterocycles. The maximum atomic E-state index is 12.5. The lowest BCUT2D eigenvalue weighted by Gasteiger charge is -2.22. The molecule has 0 aromatic rings. The fourth-order valence-electron chi connectivity index (χ4n) is 0.712. The molecule has 1 N–H and O–H groups in total. The summed E-state index contributed by atoms with van der Waals surface area (Å²) in [6, 6.07) is 0.